The highest BCUT2D eigenvalue weighted by atomic mass is 16.5. The van der Waals surface area contributed by atoms with E-state index in [4.69, 9.17) is 14.6 Å². The van der Waals surface area contributed by atoms with Gasteiger partial charge in [-0.3, -0.25) is 9.59 Å². The number of hydrogen-bond acceptors (Lipinski definition) is 5. The van der Waals surface area contributed by atoms with E-state index in [2.05, 4.69) is 5.32 Å². The van der Waals surface area contributed by atoms with Crippen molar-refractivity contribution in [2.75, 3.05) is 33.5 Å². The average Bonchev–Trinajstić information content (AvgIpc) is 2.71. The third-order valence-corrected chi connectivity index (χ3v) is 3.94. The second-order valence-electron chi connectivity index (χ2n) is 5.84. The maximum absolute atomic E-state index is 11.6. The highest BCUT2D eigenvalue weighted by molar-refractivity contribution is 5.78. The van der Waals surface area contributed by atoms with Crippen molar-refractivity contribution >= 4 is 11.7 Å². The van der Waals surface area contributed by atoms with Crippen molar-refractivity contribution in [2.24, 2.45) is 0 Å². The van der Waals surface area contributed by atoms with Crippen molar-refractivity contribution in [3.8, 4) is 0 Å². The van der Waals surface area contributed by atoms with Gasteiger partial charge in [0.15, 0.2) is 0 Å². The SMILES string of the molecule is CC.CCC(=O)CCOCCNC(=O)CCCOC1CCCCC1.CO.[HH]. The molecule has 0 aliphatic heterocycles. The Kier molecular flexibility index (Phi) is 23.1. The molecule has 1 saturated carbocycles. The van der Waals surface area contributed by atoms with Crippen molar-refractivity contribution in [3.05, 3.63) is 0 Å². The van der Waals surface area contributed by atoms with E-state index in [1.165, 1.54) is 32.1 Å². The molecule has 6 nitrogen and oxygen atoms in total. The Morgan fingerprint density at radius 1 is 1.04 bits per heavy atom. The topological polar surface area (TPSA) is 84.9 Å². The standard InChI is InChI=1S/C17H31NO4.C2H6.CH4O.H2/c1-2-15(19)10-13-21-14-11-18-17(20)9-6-12-22-16-7-4-3-5-8-16;2*1-2;/h16H,2-14H2,1H3,(H,18,20);1-2H3;2H,1H3;1H. The zero-order chi connectivity index (χ0) is 20.0. The number of aliphatic hydroxyl groups excluding tert-OH is 1. The van der Waals surface area contributed by atoms with Gasteiger partial charge in [-0.25, -0.2) is 0 Å². The molecule has 0 spiro atoms. The quantitative estimate of drug-likeness (QED) is 0.509. The molecule has 158 valence electrons. The van der Waals surface area contributed by atoms with Crippen LogP contribution < -0.4 is 5.32 Å². The summed E-state index contributed by atoms with van der Waals surface area (Å²) in [4.78, 5) is 22.7. The summed E-state index contributed by atoms with van der Waals surface area (Å²) < 4.78 is 11.1. The monoisotopic (exact) mass is 377 g/mol. The molecular formula is C20H43NO5. The van der Waals surface area contributed by atoms with Crippen molar-refractivity contribution < 1.29 is 25.6 Å². The number of ketones is 1. The van der Waals surface area contributed by atoms with E-state index in [-0.39, 0.29) is 13.1 Å². The fraction of sp³-hybridized carbons (Fsp3) is 0.900. The predicted molar refractivity (Wildman–Crippen MR) is 107 cm³/mol. The van der Waals surface area contributed by atoms with Gasteiger partial charge in [-0.15, -0.1) is 0 Å². The predicted octanol–water partition coefficient (Wildman–Crippen LogP) is 3.50. The second-order valence-corrected chi connectivity index (χ2v) is 5.84. The highest BCUT2D eigenvalue weighted by Gasteiger charge is 2.13. The Hall–Kier alpha value is -0.980. The summed E-state index contributed by atoms with van der Waals surface area (Å²) in [5.41, 5.74) is 0. The number of nitrogens with one attached hydrogen (secondary N) is 1. The lowest BCUT2D eigenvalue weighted by Gasteiger charge is -2.21. The van der Waals surface area contributed by atoms with Crippen LogP contribution in [0.25, 0.3) is 0 Å². The van der Waals surface area contributed by atoms with Crippen LogP contribution in [-0.4, -0.2) is 56.4 Å². The molecule has 26 heavy (non-hydrogen) atoms. The lowest BCUT2D eigenvalue weighted by molar-refractivity contribution is -0.122. The number of rotatable bonds is 12. The number of amides is 1. The van der Waals surface area contributed by atoms with E-state index >= 15 is 0 Å². The van der Waals surface area contributed by atoms with E-state index in [0.29, 0.717) is 51.7 Å². The van der Waals surface area contributed by atoms with Gasteiger partial charge in [0.1, 0.15) is 5.78 Å². The van der Waals surface area contributed by atoms with E-state index in [1.807, 2.05) is 20.8 Å². The molecule has 0 aromatic heterocycles. The zero-order valence-electron chi connectivity index (χ0n) is 17.3. The molecule has 2 N–H and O–H groups in total. The van der Waals surface area contributed by atoms with E-state index in [9.17, 15) is 9.59 Å². The molecule has 0 aromatic rings. The highest BCUT2D eigenvalue weighted by Crippen LogP contribution is 2.20. The van der Waals surface area contributed by atoms with Crippen LogP contribution in [0.15, 0.2) is 0 Å². The van der Waals surface area contributed by atoms with Gasteiger partial charge in [0.05, 0.1) is 19.3 Å². The van der Waals surface area contributed by atoms with Crippen LogP contribution >= 0.6 is 0 Å². The molecule has 0 aromatic carbocycles. The minimum Gasteiger partial charge on any atom is -0.400 e. The lowest BCUT2D eigenvalue weighted by atomic mass is 9.98. The summed E-state index contributed by atoms with van der Waals surface area (Å²) in [6.45, 7) is 7.93. The molecule has 0 unspecified atom stereocenters. The fourth-order valence-electron chi connectivity index (χ4n) is 2.53. The summed E-state index contributed by atoms with van der Waals surface area (Å²) in [6, 6.07) is 0. The van der Waals surface area contributed by atoms with E-state index < -0.39 is 0 Å². The van der Waals surface area contributed by atoms with Crippen LogP contribution in [0, 0.1) is 0 Å². The minimum absolute atomic E-state index is 0. The smallest absolute Gasteiger partial charge is 0.220 e. The third kappa shape index (κ3) is 17.8. The van der Waals surface area contributed by atoms with Gasteiger partial charge >= 0.3 is 0 Å². The van der Waals surface area contributed by atoms with Crippen molar-refractivity contribution in [3.63, 3.8) is 0 Å². The molecular weight excluding hydrogens is 334 g/mol. The van der Waals surface area contributed by atoms with Crippen LogP contribution in [0.3, 0.4) is 0 Å². The van der Waals surface area contributed by atoms with Gasteiger partial charge in [-0.05, 0) is 19.3 Å². The number of carbonyl (C=O) groups is 2. The Morgan fingerprint density at radius 3 is 2.31 bits per heavy atom. The molecule has 0 atom stereocenters. The van der Waals surface area contributed by atoms with Gasteiger partial charge in [-0.1, -0.05) is 40.0 Å². The normalized spacial score (nSPS) is 13.7. The lowest BCUT2D eigenvalue weighted by Crippen LogP contribution is -2.27. The Labute approximate surface area is 161 Å². The summed E-state index contributed by atoms with van der Waals surface area (Å²) in [5, 5.41) is 9.82. The molecule has 1 aliphatic rings. The maximum Gasteiger partial charge on any atom is 0.220 e. The Bertz CT molecular complexity index is 323. The second kappa shape index (κ2) is 22.1. The molecule has 1 aliphatic carbocycles. The number of aliphatic hydroxyl groups is 1. The van der Waals surface area contributed by atoms with Crippen molar-refractivity contribution in [2.45, 2.75) is 84.7 Å². The Morgan fingerprint density at radius 2 is 1.69 bits per heavy atom. The first-order valence-electron chi connectivity index (χ1n) is 10.1. The number of hydrogen-bond donors (Lipinski definition) is 2. The molecule has 1 amide bonds. The molecule has 1 fully saturated rings. The first-order valence-corrected chi connectivity index (χ1v) is 10.1. The van der Waals surface area contributed by atoms with E-state index in [1.54, 1.807) is 0 Å². The van der Waals surface area contributed by atoms with Gasteiger partial charge in [0.2, 0.25) is 5.91 Å². The molecule has 1 rings (SSSR count). The minimum atomic E-state index is 0. The molecule has 0 bridgehead atoms. The summed E-state index contributed by atoms with van der Waals surface area (Å²) in [6.07, 6.45) is 8.92. The van der Waals surface area contributed by atoms with Crippen LogP contribution in [0.5, 0.6) is 0 Å². The number of ether oxygens (including phenoxy) is 2. The van der Waals surface area contributed by atoms with Gasteiger partial charge in [0.25, 0.3) is 0 Å². The van der Waals surface area contributed by atoms with Crippen LogP contribution in [0.4, 0.5) is 0 Å². The summed E-state index contributed by atoms with van der Waals surface area (Å²) >= 11 is 0. The number of Topliss-reactive ketones (excluding diaryl/α,β-unsaturated/α-hetero) is 1. The first-order chi connectivity index (χ1) is 12.7. The fourth-order valence-corrected chi connectivity index (χ4v) is 2.53. The van der Waals surface area contributed by atoms with Crippen molar-refractivity contribution in [1.29, 1.82) is 0 Å². The Balaban J connectivity index is -0.00000108. The van der Waals surface area contributed by atoms with Crippen molar-refractivity contribution in [1.82, 2.24) is 5.32 Å². The molecule has 0 radical (unpaired) electrons. The van der Waals surface area contributed by atoms with E-state index in [0.717, 1.165) is 13.5 Å². The van der Waals surface area contributed by atoms with Gasteiger partial charge in [-0.2, -0.15) is 0 Å². The molecule has 0 heterocycles. The average molecular weight is 378 g/mol. The largest absolute Gasteiger partial charge is 0.400 e. The van der Waals surface area contributed by atoms with Crippen LogP contribution in [0.2, 0.25) is 0 Å². The number of carbonyl (C=O) groups excluding carboxylic acids is 2. The maximum atomic E-state index is 11.6. The van der Waals surface area contributed by atoms with Gasteiger partial charge in [0, 0.05) is 41.0 Å². The third-order valence-electron chi connectivity index (χ3n) is 3.94. The van der Waals surface area contributed by atoms with Crippen LogP contribution in [0.1, 0.15) is 80.0 Å². The first kappa shape index (κ1) is 27.2. The summed E-state index contributed by atoms with van der Waals surface area (Å²) in [5.74, 6) is 0.252. The molecule has 0 saturated heterocycles. The van der Waals surface area contributed by atoms with Crippen LogP contribution in [-0.2, 0) is 19.1 Å². The molecule has 6 heteroatoms. The van der Waals surface area contributed by atoms with Gasteiger partial charge < -0.3 is 19.9 Å². The zero-order valence-corrected chi connectivity index (χ0v) is 17.3. The summed E-state index contributed by atoms with van der Waals surface area (Å²) in [7, 11) is 1.00.